The highest BCUT2D eigenvalue weighted by atomic mass is 79.9. The van der Waals surface area contributed by atoms with Crippen molar-refractivity contribution in [3.8, 4) is 11.5 Å². The Bertz CT molecular complexity index is 1050. The molecule has 5 nitrogen and oxygen atoms in total. The molecule has 29 heavy (non-hydrogen) atoms. The molecule has 0 heterocycles. The van der Waals surface area contributed by atoms with Crippen molar-refractivity contribution < 1.29 is 14.6 Å². The Morgan fingerprint density at radius 2 is 1.97 bits per heavy atom. The number of aromatic hydroxyl groups is 1. The first-order valence-corrected chi connectivity index (χ1v) is 9.99. The Kier molecular flexibility index (Phi) is 6.90. The fourth-order valence-corrected chi connectivity index (χ4v) is 3.21. The molecule has 7 heteroatoms. The minimum atomic E-state index is -0.244. The van der Waals surface area contributed by atoms with E-state index in [2.05, 4.69) is 26.2 Å². The van der Waals surface area contributed by atoms with Crippen LogP contribution in [-0.2, 0) is 0 Å². The van der Waals surface area contributed by atoms with Crippen LogP contribution in [0.5, 0.6) is 11.5 Å². The molecular weight excluding hydrogens is 456 g/mol. The van der Waals surface area contributed by atoms with Gasteiger partial charge in [0, 0.05) is 32.5 Å². The topological polar surface area (TPSA) is 70.9 Å². The number of hydrogen-bond donors (Lipinski definition) is 2. The highest BCUT2D eigenvalue weighted by Crippen LogP contribution is 2.33. The fourth-order valence-electron chi connectivity index (χ4n) is 2.57. The molecule has 148 valence electrons. The molecule has 3 rings (SSSR count). The van der Waals surface area contributed by atoms with Gasteiger partial charge in [-0.05, 0) is 61.5 Å². The van der Waals surface area contributed by atoms with Crippen LogP contribution < -0.4 is 10.1 Å². The maximum Gasteiger partial charge on any atom is 0.255 e. The number of phenols is 1. The van der Waals surface area contributed by atoms with Crippen molar-refractivity contribution in [2.75, 3.05) is 11.9 Å². The molecule has 0 aliphatic rings. The highest BCUT2D eigenvalue weighted by Gasteiger charge is 2.09. The smallest absolute Gasteiger partial charge is 0.255 e. The second kappa shape index (κ2) is 9.58. The molecule has 3 aromatic carbocycles. The van der Waals surface area contributed by atoms with Crippen molar-refractivity contribution in [1.29, 1.82) is 0 Å². The SMILES string of the molecule is CCOc1cc(Br)cc(C=Nc2ccc(NC(=O)c3cccc(Cl)c3)cc2)c1O. The van der Waals surface area contributed by atoms with E-state index in [0.717, 1.165) is 4.47 Å². The number of phenolic OH excluding ortho intramolecular Hbond substituents is 1. The maximum atomic E-state index is 12.3. The molecular formula is C22H18BrClN2O3. The van der Waals surface area contributed by atoms with Crippen molar-refractivity contribution >= 4 is 51.0 Å². The van der Waals surface area contributed by atoms with E-state index in [1.54, 1.807) is 66.9 Å². The van der Waals surface area contributed by atoms with Gasteiger partial charge in [-0.25, -0.2) is 0 Å². The van der Waals surface area contributed by atoms with Crippen LogP contribution in [0.1, 0.15) is 22.8 Å². The van der Waals surface area contributed by atoms with Gasteiger partial charge in [0.15, 0.2) is 11.5 Å². The summed E-state index contributed by atoms with van der Waals surface area (Å²) in [5, 5.41) is 13.6. The van der Waals surface area contributed by atoms with Gasteiger partial charge in [0.05, 0.1) is 12.3 Å². The van der Waals surface area contributed by atoms with Crippen LogP contribution in [0.2, 0.25) is 5.02 Å². The second-order valence-electron chi connectivity index (χ2n) is 6.04. The van der Waals surface area contributed by atoms with Crippen LogP contribution in [-0.4, -0.2) is 23.8 Å². The number of benzene rings is 3. The molecule has 0 aliphatic carbocycles. The monoisotopic (exact) mass is 472 g/mol. The third kappa shape index (κ3) is 5.59. The lowest BCUT2D eigenvalue weighted by molar-refractivity contribution is 0.102. The first-order chi connectivity index (χ1) is 14.0. The lowest BCUT2D eigenvalue weighted by atomic mass is 10.2. The van der Waals surface area contributed by atoms with E-state index in [9.17, 15) is 9.90 Å². The molecule has 0 aliphatic heterocycles. The predicted octanol–water partition coefficient (Wildman–Crippen LogP) is 6.21. The molecule has 0 radical (unpaired) electrons. The van der Waals surface area contributed by atoms with Crippen LogP contribution in [0.4, 0.5) is 11.4 Å². The lowest BCUT2D eigenvalue weighted by Crippen LogP contribution is -2.11. The quantitative estimate of drug-likeness (QED) is 0.418. The third-order valence-corrected chi connectivity index (χ3v) is 4.63. The average molecular weight is 474 g/mol. The number of nitrogens with zero attached hydrogens (tertiary/aromatic N) is 1. The summed E-state index contributed by atoms with van der Waals surface area (Å²) in [5.74, 6) is 0.179. The maximum absolute atomic E-state index is 12.3. The van der Waals surface area contributed by atoms with Crippen LogP contribution in [0.25, 0.3) is 0 Å². The molecule has 0 bridgehead atoms. The van der Waals surface area contributed by atoms with E-state index in [-0.39, 0.29) is 11.7 Å². The molecule has 1 amide bonds. The standard InChI is InChI=1S/C22H18BrClN2O3/c1-2-29-20-12-16(23)10-15(21(20)27)13-25-18-6-8-19(9-7-18)26-22(28)14-4-3-5-17(24)11-14/h3-13,27H,2H2,1H3,(H,26,28). The van der Waals surface area contributed by atoms with Gasteiger partial charge in [0.1, 0.15) is 0 Å². The zero-order valence-electron chi connectivity index (χ0n) is 15.5. The molecule has 0 unspecified atom stereocenters. The Labute approximate surface area is 182 Å². The largest absolute Gasteiger partial charge is 0.504 e. The molecule has 3 aromatic rings. The summed E-state index contributed by atoms with van der Waals surface area (Å²) in [4.78, 5) is 16.7. The Balaban J connectivity index is 1.72. The van der Waals surface area contributed by atoms with Crippen LogP contribution in [0, 0.1) is 0 Å². The number of ether oxygens (including phenoxy) is 1. The van der Waals surface area contributed by atoms with E-state index in [0.29, 0.717) is 39.9 Å². The summed E-state index contributed by atoms with van der Waals surface area (Å²) < 4.78 is 6.19. The predicted molar refractivity (Wildman–Crippen MR) is 120 cm³/mol. The molecule has 2 N–H and O–H groups in total. The summed E-state index contributed by atoms with van der Waals surface area (Å²) in [5.41, 5.74) is 2.32. The van der Waals surface area contributed by atoms with Crippen LogP contribution >= 0.6 is 27.5 Å². The van der Waals surface area contributed by atoms with Gasteiger partial charge in [0.2, 0.25) is 0 Å². The first-order valence-electron chi connectivity index (χ1n) is 8.82. The zero-order valence-corrected chi connectivity index (χ0v) is 17.9. The van der Waals surface area contributed by atoms with Crippen molar-refractivity contribution in [3.63, 3.8) is 0 Å². The summed E-state index contributed by atoms with van der Waals surface area (Å²) in [6.45, 7) is 2.30. The summed E-state index contributed by atoms with van der Waals surface area (Å²) in [6.07, 6.45) is 1.56. The third-order valence-electron chi connectivity index (χ3n) is 3.93. The minimum Gasteiger partial charge on any atom is -0.504 e. The normalized spacial score (nSPS) is 10.9. The fraction of sp³-hybridized carbons (Fsp3) is 0.0909. The van der Waals surface area contributed by atoms with Gasteiger partial charge in [-0.3, -0.25) is 9.79 Å². The van der Waals surface area contributed by atoms with Crippen LogP contribution in [0.3, 0.4) is 0 Å². The highest BCUT2D eigenvalue weighted by molar-refractivity contribution is 9.10. The summed E-state index contributed by atoms with van der Waals surface area (Å²) in [6, 6.07) is 17.2. The van der Waals surface area contributed by atoms with E-state index in [1.165, 1.54) is 0 Å². The van der Waals surface area contributed by atoms with Gasteiger partial charge >= 0.3 is 0 Å². The van der Waals surface area contributed by atoms with Crippen LogP contribution in [0.15, 0.2) is 70.1 Å². The minimum absolute atomic E-state index is 0.0317. The number of rotatable bonds is 6. The second-order valence-corrected chi connectivity index (χ2v) is 7.40. The molecule has 0 spiro atoms. The Morgan fingerprint density at radius 1 is 1.21 bits per heavy atom. The number of amides is 1. The van der Waals surface area contributed by atoms with Gasteiger partial charge < -0.3 is 15.2 Å². The Hall–Kier alpha value is -2.83. The van der Waals surface area contributed by atoms with Gasteiger partial charge in [-0.2, -0.15) is 0 Å². The molecule has 0 aromatic heterocycles. The van der Waals surface area contributed by atoms with Crippen molar-refractivity contribution in [1.82, 2.24) is 0 Å². The molecule has 0 saturated heterocycles. The number of halogens is 2. The van der Waals surface area contributed by atoms with E-state index >= 15 is 0 Å². The summed E-state index contributed by atoms with van der Waals surface area (Å²) in [7, 11) is 0. The summed E-state index contributed by atoms with van der Waals surface area (Å²) >= 11 is 9.32. The van der Waals surface area contributed by atoms with Gasteiger partial charge in [0.25, 0.3) is 5.91 Å². The van der Waals surface area contributed by atoms with Crippen molar-refractivity contribution in [2.45, 2.75) is 6.92 Å². The number of aliphatic imine (C=N–C) groups is 1. The number of nitrogens with one attached hydrogen (secondary N) is 1. The van der Waals surface area contributed by atoms with Gasteiger partial charge in [-0.15, -0.1) is 0 Å². The first kappa shape index (κ1) is 20.9. The number of carbonyl (C=O) groups is 1. The molecule has 0 atom stereocenters. The molecule has 0 fully saturated rings. The number of carbonyl (C=O) groups excluding carboxylic acids is 1. The Morgan fingerprint density at radius 3 is 2.66 bits per heavy atom. The number of anilines is 1. The molecule has 0 saturated carbocycles. The van der Waals surface area contributed by atoms with Crippen molar-refractivity contribution in [3.05, 3.63) is 81.3 Å². The average Bonchev–Trinajstić information content (AvgIpc) is 2.70. The lowest BCUT2D eigenvalue weighted by Gasteiger charge is -2.09. The van der Waals surface area contributed by atoms with E-state index in [4.69, 9.17) is 16.3 Å². The van der Waals surface area contributed by atoms with E-state index < -0.39 is 0 Å². The zero-order chi connectivity index (χ0) is 20.8. The van der Waals surface area contributed by atoms with Crippen molar-refractivity contribution in [2.24, 2.45) is 4.99 Å². The van der Waals surface area contributed by atoms with E-state index in [1.807, 2.05) is 6.92 Å². The van der Waals surface area contributed by atoms with Gasteiger partial charge in [-0.1, -0.05) is 33.6 Å². The number of hydrogen-bond acceptors (Lipinski definition) is 4.